The van der Waals surface area contributed by atoms with Crippen molar-refractivity contribution in [1.82, 2.24) is 0 Å². The van der Waals surface area contributed by atoms with Crippen LogP contribution in [0, 0.1) is 0 Å². The number of rotatable bonds is 5. The molecule has 0 bridgehead atoms. The van der Waals surface area contributed by atoms with Gasteiger partial charge in [0, 0.05) is 0 Å². The Labute approximate surface area is 146 Å². The second-order valence-electron chi connectivity index (χ2n) is 6.59. The van der Waals surface area contributed by atoms with E-state index in [4.69, 9.17) is 10.5 Å². The first-order chi connectivity index (χ1) is 11.7. The van der Waals surface area contributed by atoms with Crippen molar-refractivity contribution in [1.29, 1.82) is 0 Å². The van der Waals surface area contributed by atoms with Gasteiger partial charge in [0.05, 0.1) is 11.3 Å². The van der Waals surface area contributed by atoms with E-state index in [9.17, 15) is 14.7 Å². The highest BCUT2D eigenvalue weighted by molar-refractivity contribution is 5.96. The zero-order chi connectivity index (χ0) is 18.6. The molecular formula is C19H22N2O4. The zero-order valence-electron chi connectivity index (χ0n) is 14.4. The number of carboxylic acid groups (broad SMARTS) is 1. The molecule has 0 amide bonds. The van der Waals surface area contributed by atoms with Gasteiger partial charge in [0.2, 0.25) is 0 Å². The monoisotopic (exact) mass is 342 g/mol. The minimum Gasteiger partial charge on any atom is -0.478 e. The first-order valence-corrected chi connectivity index (χ1v) is 7.85. The van der Waals surface area contributed by atoms with Gasteiger partial charge >= 0.3 is 11.9 Å². The van der Waals surface area contributed by atoms with Crippen molar-refractivity contribution < 1.29 is 19.4 Å². The first-order valence-electron chi connectivity index (χ1n) is 7.85. The predicted octanol–water partition coefficient (Wildman–Crippen LogP) is 3.09. The molecule has 0 saturated heterocycles. The third kappa shape index (κ3) is 5.06. The molecule has 0 aromatic heterocycles. The largest absolute Gasteiger partial charge is 0.478 e. The Bertz CT molecular complexity index is 767. The van der Waals surface area contributed by atoms with E-state index in [2.05, 4.69) is 5.32 Å². The SMILES string of the molecule is CC(C)(C)OC(=O)C(N)Nc1ccc(-c2ccccc2)cc1C(=O)O. The van der Waals surface area contributed by atoms with Crippen LogP contribution in [0.15, 0.2) is 48.5 Å². The van der Waals surface area contributed by atoms with Crippen molar-refractivity contribution >= 4 is 17.6 Å². The highest BCUT2D eigenvalue weighted by Crippen LogP contribution is 2.25. The predicted molar refractivity (Wildman–Crippen MR) is 96.3 cm³/mol. The number of carboxylic acids is 1. The van der Waals surface area contributed by atoms with Crippen molar-refractivity contribution in [3.05, 3.63) is 54.1 Å². The van der Waals surface area contributed by atoms with E-state index >= 15 is 0 Å². The normalized spacial score (nSPS) is 12.3. The molecular weight excluding hydrogens is 320 g/mol. The van der Waals surface area contributed by atoms with Crippen LogP contribution in [0.1, 0.15) is 31.1 Å². The van der Waals surface area contributed by atoms with E-state index in [1.807, 2.05) is 30.3 Å². The second-order valence-corrected chi connectivity index (χ2v) is 6.59. The number of benzene rings is 2. The van der Waals surface area contributed by atoms with E-state index < -0.39 is 23.7 Å². The molecule has 1 atom stereocenters. The smallest absolute Gasteiger partial charge is 0.344 e. The fraction of sp³-hybridized carbons (Fsp3) is 0.263. The van der Waals surface area contributed by atoms with Crippen LogP contribution in [0.4, 0.5) is 5.69 Å². The molecule has 0 fully saturated rings. The van der Waals surface area contributed by atoms with Crippen LogP contribution < -0.4 is 11.1 Å². The number of nitrogens with two attached hydrogens (primary N) is 1. The van der Waals surface area contributed by atoms with Gasteiger partial charge in [0.15, 0.2) is 6.17 Å². The molecule has 0 aliphatic carbocycles. The molecule has 0 heterocycles. The Morgan fingerprint density at radius 3 is 2.28 bits per heavy atom. The van der Waals surface area contributed by atoms with E-state index in [1.54, 1.807) is 39.0 Å². The van der Waals surface area contributed by atoms with Crippen LogP contribution in [0.2, 0.25) is 0 Å². The Hall–Kier alpha value is -2.86. The lowest BCUT2D eigenvalue weighted by Gasteiger charge is -2.23. The summed E-state index contributed by atoms with van der Waals surface area (Å²) in [6.07, 6.45) is -1.17. The van der Waals surface area contributed by atoms with Crippen molar-refractivity contribution in [2.45, 2.75) is 32.5 Å². The molecule has 0 spiro atoms. The van der Waals surface area contributed by atoms with Crippen molar-refractivity contribution in [2.75, 3.05) is 5.32 Å². The number of hydrogen-bond acceptors (Lipinski definition) is 5. The van der Waals surface area contributed by atoms with Crippen LogP contribution in [0.3, 0.4) is 0 Å². The number of carbonyl (C=O) groups is 2. The number of esters is 1. The number of aromatic carboxylic acids is 1. The minimum atomic E-state index is -1.17. The minimum absolute atomic E-state index is 0.0281. The maximum Gasteiger partial charge on any atom is 0.344 e. The van der Waals surface area contributed by atoms with Crippen LogP contribution >= 0.6 is 0 Å². The zero-order valence-corrected chi connectivity index (χ0v) is 14.4. The van der Waals surface area contributed by atoms with Gasteiger partial charge in [-0.1, -0.05) is 36.4 Å². The second kappa shape index (κ2) is 7.36. The van der Waals surface area contributed by atoms with E-state index in [1.165, 1.54) is 0 Å². The third-order valence-electron chi connectivity index (χ3n) is 3.33. The summed E-state index contributed by atoms with van der Waals surface area (Å²) in [7, 11) is 0. The highest BCUT2D eigenvalue weighted by atomic mass is 16.6. The van der Waals surface area contributed by atoms with Gasteiger partial charge in [-0.2, -0.15) is 0 Å². The summed E-state index contributed by atoms with van der Waals surface area (Å²) in [5.41, 5.74) is 7.06. The molecule has 6 nitrogen and oxygen atoms in total. The molecule has 0 aliphatic heterocycles. The summed E-state index contributed by atoms with van der Waals surface area (Å²) >= 11 is 0. The lowest BCUT2D eigenvalue weighted by molar-refractivity contribution is -0.155. The molecule has 0 aliphatic rings. The van der Waals surface area contributed by atoms with Crippen LogP contribution in [-0.4, -0.2) is 28.8 Å². The number of anilines is 1. The topological polar surface area (TPSA) is 102 Å². The molecule has 4 N–H and O–H groups in total. The first kappa shape index (κ1) is 18.5. The molecule has 0 saturated carbocycles. The number of nitrogens with one attached hydrogen (secondary N) is 1. The van der Waals surface area contributed by atoms with Gasteiger partial charge in [-0.05, 0) is 44.0 Å². The molecule has 2 aromatic rings. The molecule has 6 heteroatoms. The summed E-state index contributed by atoms with van der Waals surface area (Å²) in [6.45, 7) is 5.19. The fourth-order valence-electron chi connectivity index (χ4n) is 2.25. The maximum atomic E-state index is 12.0. The van der Waals surface area contributed by atoms with Crippen molar-refractivity contribution in [2.24, 2.45) is 5.73 Å². The Balaban J connectivity index is 2.26. The highest BCUT2D eigenvalue weighted by Gasteiger charge is 2.23. The van der Waals surface area contributed by atoms with Gasteiger partial charge in [-0.25, -0.2) is 9.59 Å². The van der Waals surface area contributed by atoms with Crippen molar-refractivity contribution in [3.63, 3.8) is 0 Å². The van der Waals surface area contributed by atoms with Gasteiger partial charge in [0.25, 0.3) is 0 Å². The standard InChI is InChI=1S/C19H22N2O4/c1-19(2,3)25-18(24)16(20)21-15-10-9-13(11-14(15)17(22)23)12-7-5-4-6-8-12/h4-11,16,21H,20H2,1-3H3,(H,22,23). The molecule has 1 unspecified atom stereocenters. The molecule has 0 radical (unpaired) electrons. The summed E-state index contributed by atoms with van der Waals surface area (Å²) in [4.78, 5) is 23.6. The lowest BCUT2D eigenvalue weighted by atomic mass is 10.0. The summed E-state index contributed by atoms with van der Waals surface area (Å²) in [5, 5.41) is 12.2. The van der Waals surface area contributed by atoms with Crippen LogP contribution in [0.5, 0.6) is 0 Å². The Kier molecular flexibility index (Phi) is 5.44. The summed E-state index contributed by atoms with van der Waals surface area (Å²) < 4.78 is 5.19. The Morgan fingerprint density at radius 1 is 1.08 bits per heavy atom. The quantitative estimate of drug-likeness (QED) is 0.570. The summed E-state index contributed by atoms with van der Waals surface area (Å²) in [5.74, 6) is -1.77. The van der Waals surface area contributed by atoms with E-state index in [0.717, 1.165) is 11.1 Å². The van der Waals surface area contributed by atoms with E-state index in [-0.39, 0.29) is 11.3 Å². The molecule has 132 valence electrons. The van der Waals surface area contributed by atoms with Gasteiger partial charge in [-0.3, -0.25) is 0 Å². The number of carbonyl (C=O) groups excluding carboxylic acids is 1. The van der Waals surface area contributed by atoms with Gasteiger partial charge in [-0.15, -0.1) is 0 Å². The average Bonchev–Trinajstić information content (AvgIpc) is 2.54. The molecule has 2 rings (SSSR count). The maximum absolute atomic E-state index is 12.0. The van der Waals surface area contributed by atoms with Gasteiger partial charge in [0.1, 0.15) is 5.60 Å². The van der Waals surface area contributed by atoms with Crippen LogP contribution in [0.25, 0.3) is 11.1 Å². The number of ether oxygens (including phenoxy) is 1. The van der Waals surface area contributed by atoms with Gasteiger partial charge < -0.3 is 20.9 Å². The average molecular weight is 342 g/mol. The number of hydrogen-bond donors (Lipinski definition) is 3. The van der Waals surface area contributed by atoms with Crippen LogP contribution in [-0.2, 0) is 9.53 Å². The molecule has 25 heavy (non-hydrogen) atoms. The molecule has 2 aromatic carbocycles. The van der Waals surface area contributed by atoms with Crippen molar-refractivity contribution in [3.8, 4) is 11.1 Å². The summed E-state index contributed by atoms with van der Waals surface area (Å²) in [6, 6.07) is 14.3. The third-order valence-corrected chi connectivity index (χ3v) is 3.33. The Morgan fingerprint density at radius 2 is 1.72 bits per heavy atom. The van der Waals surface area contributed by atoms with E-state index in [0.29, 0.717) is 0 Å². The fourth-order valence-corrected chi connectivity index (χ4v) is 2.25. The lowest BCUT2D eigenvalue weighted by Crippen LogP contribution is -2.43.